The van der Waals surface area contributed by atoms with Crippen LogP contribution in [0.25, 0.3) is 0 Å². The number of carbonyl (C=O) groups is 4. The number of fused-ring (bicyclic) bond motifs is 1. The molecule has 1 saturated heterocycles. The first-order valence-electron chi connectivity index (χ1n) is 11.4. The van der Waals surface area contributed by atoms with Gasteiger partial charge in [0.05, 0.1) is 11.1 Å². The van der Waals surface area contributed by atoms with Gasteiger partial charge in [0, 0.05) is 43.3 Å². The van der Waals surface area contributed by atoms with Crippen LogP contribution in [0.1, 0.15) is 80.6 Å². The minimum Gasteiger partial charge on any atom is -0.335 e. The minimum atomic E-state index is -0.362. The fourth-order valence-electron chi connectivity index (χ4n) is 4.35. The molecule has 172 valence electrons. The lowest BCUT2D eigenvalue weighted by atomic mass is 10.0. The van der Waals surface area contributed by atoms with Crippen molar-refractivity contribution in [2.75, 3.05) is 26.2 Å². The molecule has 0 radical (unpaired) electrons. The van der Waals surface area contributed by atoms with Crippen molar-refractivity contribution < 1.29 is 19.2 Å². The minimum absolute atomic E-state index is 0.0344. The van der Waals surface area contributed by atoms with E-state index in [4.69, 9.17) is 0 Å². The summed E-state index contributed by atoms with van der Waals surface area (Å²) in [5, 5.41) is 0. The van der Waals surface area contributed by atoms with E-state index in [9.17, 15) is 19.2 Å². The molecule has 7 heteroatoms. The average Bonchev–Trinajstić information content (AvgIpc) is 3.07. The topological polar surface area (TPSA) is 78.0 Å². The van der Waals surface area contributed by atoms with E-state index in [1.54, 1.807) is 35.8 Å². The molecular formula is C26H29N3O4. The third-order valence-corrected chi connectivity index (χ3v) is 6.36. The van der Waals surface area contributed by atoms with Crippen molar-refractivity contribution in [3.05, 3.63) is 70.3 Å². The van der Waals surface area contributed by atoms with Gasteiger partial charge in [0.1, 0.15) is 0 Å². The molecule has 2 heterocycles. The van der Waals surface area contributed by atoms with Crippen LogP contribution in [0.3, 0.4) is 0 Å². The molecule has 0 saturated carbocycles. The van der Waals surface area contributed by atoms with Gasteiger partial charge in [0.25, 0.3) is 23.6 Å². The van der Waals surface area contributed by atoms with Gasteiger partial charge in [-0.3, -0.25) is 24.1 Å². The van der Waals surface area contributed by atoms with Crippen molar-refractivity contribution in [2.45, 2.75) is 39.7 Å². The van der Waals surface area contributed by atoms with Gasteiger partial charge < -0.3 is 9.80 Å². The number of carbonyl (C=O) groups excluding carboxylic acids is 4. The van der Waals surface area contributed by atoms with Crippen LogP contribution in [0.4, 0.5) is 0 Å². The molecule has 2 aliphatic heterocycles. The van der Waals surface area contributed by atoms with Crippen LogP contribution in [0.15, 0.2) is 42.5 Å². The Bertz CT molecular complexity index is 1110. The Hall–Kier alpha value is -3.48. The molecule has 2 aromatic carbocycles. The third-order valence-electron chi connectivity index (χ3n) is 6.36. The number of amides is 4. The molecule has 4 amide bonds. The highest BCUT2D eigenvalue weighted by atomic mass is 16.2. The van der Waals surface area contributed by atoms with Crippen molar-refractivity contribution >= 4 is 23.6 Å². The molecule has 0 aromatic heterocycles. The van der Waals surface area contributed by atoms with Gasteiger partial charge in [0.2, 0.25) is 0 Å². The molecule has 0 spiro atoms. The zero-order valence-electron chi connectivity index (χ0n) is 19.5. The number of hydrogen-bond acceptors (Lipinski definition) is 4. The van der Waals surface area contributed by atoms with Crippen LogP contribution in [-0.2, 0) is 0 Å². The van der Waals surface area contributed by atoms with Gasteiger partial charge in [-0.1, -0.05) is 26.0 Å². The van der Waals surface area contributed by atoms with E-state index in [-0.39, 0.29) is 35.2 Å². The zero-order valence-corrected chi connectivity index (χ0v) is 19.5. The second kappa shape index (κ2) is 8.81. The van der Waals surface area contributed by atoms with Gasteiger partial charge in [-0.2, -0.15) is 0 Å². The lowest BCUT2D eigenvalue weighted by Crippen LogP contribution is -2.50. The molecule has 0 unspecified atom stereocenters. The maximum Gasteiger partial charge on any atom is 0.261 e. The molecular weight excluding hydrogens is 418 g/mol. The number of rotatable bonds is 4. The Morgan fingerprint density at radius 2 is 1.18 bits per heavy atom. The Morgan fingerprint density at radius 3 is 1.70 bits per heavy atom. The van der Waals surface area contributed by atoms with Crippen LogP contribution < -0.4 is 0 Å². The summed E-state index contributed by atoms with van der Waals surface area (Å²) in [4.78, 5) is 55.7. The van der Waals surface area contributed by atoms with Crippen LogP contribution in [0.5, 0.6) is 0 Å². The summed E-state index contributed by atoms with van der Waals surface area (Å²) in [5.74, 6) is -0.511. The normalized spacial score (nSPS) is 16.1. The SMILES string of the molecule is CC(C)c1ccc(C(=O)N2CCN(C(=O)c3ccc4c(c3)C(=O)N(C(C)C)C4=O)CC2)cc1. The summed E-state index contributed by atoms with van der Waals surface area (Å²) in [6.45, 7) is 9.51. The summed E-state index contributed by atoms with van der Waals surface area (Å²) < 4.78 is 0. The summed E-state index contributed by atoms with van der Waals surface area (Å²) >= 11 is 0. The highest BCUT2D eigenvalue weighted by molar-refractivity contribution is 6.22. The molecule has 0 bridgehead atoms. The van der Waals surface area contributed by atoms with Crippen LogP contribution in [0, 0.1) is 0 Å². The largest absolute Gasteiger partial charge is 0.335 e. The predicted octanol–water partition coefficient (Wildman–Crippen LogP) is 3.41. The van der Waals surface area contributed by atoms with Crippen molar-refractivity contribution in [1.82, 2.24) is 14.7 Å². The second-order valence-electron chi connectivity index (χ2n) is 9.20. The van der Waals surface area contributed by atoms with Crippen LogP contribution in [0.2, 0.25) is 0 Å². The quantitative estimate of drug-likeness (QED) is 0.673. The number of piperazine rings is 1. The van der Waals surface area contributed by atoms with Gasteiger partial charge in [-0.25, -0.2) is 0 Å². The Kier molecular flexibility index (Phi) is 6.06. The molecule has 2 aliphatic rings. The van der Waals surface area contributed by atoms with Crippen LogP contribution >= 0.6 is 0 Å². The molecule has 1 fully saturated rings. The van der Waals surface area contributed by atoms with E-state index in [1.165, 1.54) is 16.5 Å². The average molecular weight is 448 g/mol. The van der Waals surface area contributed by atoms with E-state index in [1.807, 2.05) is 24.3 Å². The van der Waals surface area contributed by atoms with Crippen molar-refractivity contribution in [1.29, 1.82) is 0 Å². The van der Waals surface area contributed by atoms with E-state index in [2.05, 4.69) is 13.8 Å². The van der Waals surface area contributed by atoms with Crippen LogP contribution in [-0.4, -0.2) is 70.5 Å². The van der Waals surface area contributed by atoms with E-state index in [0.717, 1.165) is 0 Å². The Balaban J connectivity index is 1.42. The molecule has 33 heavy (non-hydrogen) atoms. The number of hydrogen-bond donors (Lipinski definition) is 0. The first-order chi connectivity index (χ1) is 15.7. The zero-order chi connectivity index (χ0) is 23.9. The number of nitrogens with zero attached hydrogens (tertiary/aromatic N) is 3. The summed E-state index contributed by atoms with van der Waals surface area (Å²) in [6, 6.07) is 12.1. The predicted molar refractivity (Wildman–Crippen MR) is 124 cm³/mol. The first-order valence-corrected chi connectivity index (χ1v) is 11.4. The van der Waals surface area contributed by atoms with Gasteiger partial charge >= 0.3 is 0 Å². The van der Waals surface area contributed by atoms with Gasteiger partial charge in [0.15, 0.2) is 0 Å². The summed E-state index contributed by atoms with van der Waals surface area (Å²) in [7, 11) is 0. The van der Waals surface area contributed by atoms with Crippen molar-refractivity contribution in [2.24, 2.45) is 0 Å². The lowest BCUT2D eigenvalue weighted by Gasteiger charge is -2.35. The van der Waals surface area contributed by atoms with Gasteiger partial charge in [-0.15, -0.1) is 0 Å². The van der Waals surface area contributed by atoms with Gasteiger partial charge in [-0.05, 0) is 55.7 Å². The molecule has 4 rings (SSSR count). The fourth-order valence-corrected chi connectivity index (χ4v) is 4.35. The Morgan fingerprint density at radius 1 is 0.697 bits per heavy atom. The molecule has 7 nitrogen and oxygen atoms in total. The van der Waals surface area contributed by atoms with Crippen molar-refractivity contribution in [3.63, 3.8) is 0 Å². The monoisotopic (exact) mass is 447 g/mol. The standard InChI is InChI=1S/C26H29N3O4/c1-16(2)18-5-7-19(8-6-18)23(30)27-11-13-28(14-12-27)24(31)20-9-10-21-22(15-20)26(33)29(17(3)4)25(21)32/h5-10,15-17H,11-14H2,1-4H3. The summed E-state index contributed by atoms with van der Waals surface area (Å²) in [5.41, 5.74) is 2.83. The highest BCUT2D eigenvalue weighted by Crippen LogP contribution is 2.26. The lowest BCUT2D eigenvalue weighted by molar-refractivity contribution is 0.0535. The highest BCUT2D eigenvalue weighted by Gasteiger charge is 2.38. The van der Waals surface area contributed by atoms with E-state index in [0.29, 0.717) is 48.8 Å². The third kappa shape index (κ3) is 4.15. The summed E-state index contributed by atoms with van der Waals surface area (Å²) in [6.07, 6.45) is 0. The van der Waals surface area contributed by atoms with E-state index >= 15 is 0 Å². The van der Waals surface area contributed by atoms with Crippen molar-refractivity contribution in [3.8, 4) is 0 Å². The molecule has 0 N–H and O–H groups in total. The maximum absolute atomic E-state index is 13.1. The maximum atomic E-state index is 13.1. The number of benzene rings is 2. The smallest absolute Gasteiger partial charge is 0.261 e. The first kappa shape index (κ1) is 22.7. The molecule has 0 atom stereocenters. The van der Waals surface area contributed by atoms with E-state index < -0.39 is 0 Å². The fraction of sp³-hybridized carbons (Fsp3) is 0.385. The molecule has 0 aliphatic carbocycles. The Labute approximate surface area is 194 Å². The number of imide groups is 1. The second-order valence-corrected chi connectivity index (χ2v) is 9.20. The molecule has 2 aromatic rings.